The van der Waals surface area contributed by atoms with Crippen LogP contribution in [0.15, 0.2) is 40.3 Å². The number of anilines is 1. The topological polar surface area (TPSA) is 127 Å². The molecule has 2 rings (SSSR count). The van der Waals surface area contributed by atoms with E-state index in [-0.39, 0.29) is 21.5 Å². The molecule has 29 heavy (non-hydrogen) atoms. The lowest BCUT2D eigenvalue weighted by molar-refractivity contribution is -0.117. The molecule has 0 spiro atoms. The third-order valence-electron chi connectivity index (χ3n) is 3.92. The van der Waals surface area contributed by atoms with E-state index in [4.69, 9.17) is 0 Å². The predicted molar refractivity (Wildman–Crippen MR) is 110 cm³/mol. The van der Waals surface area contributed by atoms with Crippen molar-refractivity contribution in [2.45, 2.75) is 62.8 Å². The number of amides is 1. The molecule has 1 heterocycles. The fourth-order valence-electron chi connectivity index (χ4n) is 2.52. The second-order valence-corrected chi connectivity index (χ2v) is 11.3. The summed E-state index contributed by atoms with van der Waals surface area (Å²) in [5.41, 5.74) is 0.119. The number of rotatable bonds is 6. The summed E-state index contributed by atoms with van der Waals surface area (Å²) in [5.74, 6) is -0.716. The van der Waals surface area contributed by atoms with Gasteiger partial charge >= 0.3 is 0 Å². The molecule has 0 saturated heterocycles. The number of carbonyl (C=O) groups excluding carboxylic acids is 1. The van der Waals surface area contributed by atoms with Crippen LogP contribution in [-0.4, -0.2) is 32.5 Å². The molecule has 0 unspecified atom stereocenters. The average molecular weight is 443 g/mol. The van der Waals surface area contributed by atoms with Gasteiger partial charge < -0.3 is 0 Å². The number of carbonyl (C=O) groups is 1. The Bertz CT molecular complexity index is 1110. The van der Waals surface area contributed by atoms with Crippen molar-refractivity contribution in [3.8, 4) is 0 Å². The molecule has 0 aliphatic heterocycles. The maximum Gasteiger partial charge on any atom is 0.265 e. The summed E-state index contributed by atoms with van der Waals surface area (Å²) >= 11 is 0. The fraction of sp³-hybridized carbons (Fsp3) is 0.444. The minimum absolute atomic E-state index is 0.0154. The molecule has 2 aromatic rings. The number of hydrogen-bond donors (Lipinski definition) is 2. The summed E-state index contributed by atoms with van der Waals surface area (Å²) in [7, 11) is -7.95. The monoisotopic (exact) mass is 442 g/mol. The molecule has 0 radical (unpaired) electrons. The average Bonchev–Trinajstić information content (AvgIpc) is 3.00. The van der Waals surface area contributed by atoms with Gasteiger partial charge in [-0.1, -0.05) is 20.8 Å². The zero-order valence-electron chi connectivity index (χ0n) is 17.2. The molecular weight excluding hydrogens is 416 g/mol. The van der Waals surface area contributed by atoms with Gasteiger partial charge in [-0.05, 0) is 38.1 Å². The lowest BCUT2D eigenvalue weighted by Crippen LogP contribution is -2.28. The predicted octanol–water partition coefficient (Wildman–Crippen LogP) is 2.39. The quantitative estimate of drug-likeness (QED) is 0.707. The van der Waals surface area contributed by atoms with Crippen molar-refractivity contribution in [2.75, 3.05) is 4.72 Å². The molecule has 11 heteroatoms. The van der Waals surface area contributed by atoms with Gasteiger partial charge in [-0.3, -0.25) is 14.2 Å². The Kier molecular flexibility index (Phi) is 6.15. The highest BCUT2D eigenvalue weighted by Crippen LogP contribution is 2.30. The van der Waals surface area contributed by atoms with Crippen molar-refractivity contribution in [1.29, 1.82) is 0 Å². The molecular formula is C18H26N4O5S2. The maximum atomic E-state index is 13.0. The first-order valence-electron chi connectivity index (χ1n) is 8.89. The van der Waals surface area contributed by atoms with Crippen LogP contribution in [0.1, 0.15) is 53.3 Å². The number of sulfonamides is 2. The summed E-state index contributed by atoms with van der Waals surface area (Å²) in [6, 6.07) is 5.04. The van der Waals surface area contributed by atoms with Gasteiger partial charge in [0, 0.05) is 30.3 Å². The molecule has 0 aliphatic carbocycles. The van der Waals surface area contributed by atoms with Crippen LogP contribution in [0.3, 0.4) is 0 Å². The van der Waals surface area contributed by atoms with Crippen LogP contribution < -0.4 is 9.44 Å². The van der Waals surface area contributed by atoms with Crippen LogP contribution in [0.5, 0.6) is 0 Å². The van der Waals surface area contributed by atoms with Crippen LogP contribution in [0.2, 0.25) is 0 Å². The molecule has 9 nitrogen and oxygen atoms in total. The minimum Gasteiger partial charge on any atom is -0.280 e. The Morgan fingerprint density at radius 1 is 1.03 bits per heavy atom. The van der Waals surface area contributed by atoms with Crippen LogP contribution >= 0.6 is 0 Å². The van der Waals surface area contributed by atoms with Gasteiger partial charge in [0.25, 0.3) is 20.0 Å². The second-order valence-electron chi connectivity index (χ2n) is 7.96. The highest BCUT2D eigenvalue weighted by Gasteiger charge is 2.30. The van der Waals surface area contributed by atoms with E-state index in [1.807, 2.05) is 39.3 Å². The van der Waals surface area contributed by atoms with Gasteiger partial charge in [-0.2, -0.15) is 5.10 Å². The molecule has 0 bridgehead atoms. The van der Waals surface area contributed by atoms with E-state index in [0.717, 1.165) is 6.92 Å². The standard InChI is InChI=1S/C18H26N4O5S2/c1-12(2)22-11-16(17(19-22)18(4,5)6)29(26,27)21-14-7-9-15(10-8-14)28(24,25)20-13(3)23/h7-12,21H,1-6H3,(H,20,23). The van der Waals surface area contributed by atoms with E-state index in [1.54, 1.807) is 4.68 Å². The van der Waals surface area contributed by atoms with Gasteiger partial charge in [0.1, 0.15) is 4.90 Å². The normalized spacial score (nSPS) is 12.8. The summed E-state index contributed by atoms with van der Waals surface area (Å²) < 4.78 is 55.9. The molecule has 2 N–H and O–H groups in total. The maximum absolute atomic E-state index is 13.0. The Morgan fingerprint density at radius 2 is 1.59 bits per heavy atom. The zero-order chi connectivity index (χ0) is 22.2. The van der Waals surface area contributed by atoms with Gasteiger partial charge in [0.2, 0.25) is 5.91 Å². The minimum atomic E-state index is -3.99. The summed E-state index contributed by atoms with van der Waals surface area (Å²) in [6.45, 7) is 10.5. The molecule has 160 valence electrons. The number of nitrogens with zero attached hydrogens (tertiary/aromatic N) is 2. The molecule has 1 aromatic heterocycles. The van der Waals surface area contributed by atoms with E-state index in [2.05, 4.69) is 9.82 Å². The third kappa shape index (κ3) is 5.36. The molecule has 0 aliphatic rings. The van der Waals surface area contributed by atoms with Crippen molar-refractivity contribution >= 4 is 31.6 Å². The highest BCUT2D eigenvalue weighted by molar-refractivity contribution is 7.92. The Balaban J connectivity index is 2.39. The number of hydrogen-bond acceptors (Lipinski definition) is 6. The zero-order valence-corrected chi connectivity index (χ0v) is 18.8. The Morgan fingerprint density at radius 3 is 2.03 bits per heavy atom. The van der Waals surface area contributed by atoms with Crippen LogP contribution in [-0.2, 0) is 30.3 Å². The first-order chi connectivity index (χ1) is 13.1. The Labute approximate surface area is 171 Å². The molecule has 0 saturated carbocycles. The van der Waals surface area contributed by atoms with Crippen LogP contribution in [0, 0.1) is 0 Å². The lowest BCUT2D eigenvalue weighted by atomic mass is 9.92. The highest BCUT2D eigenvalue weighted by atomic mass is 32.2. The Hall–Kier alpha value is -2.40. The smallest absolute Gasteiger partial charge is 0.265 e. The third-order valence-corrected chi connectivity index (χ3v) is 6.75. The number of benzene rings is 1. The molecule has 0 atom stereocenters. The van der Waals surface area contributed by atoms with Crippen molar-refractivity contribution in [1.82, 2.24) is 14.5 Å². The second kappa shape index (κ2) is 7.79. The van der Waals surface area contributed by atoms with Crippen LogP contribution in [0.25, 0.3) is 0 Å². The van der Waals surface area contributed by atoms with Crippen molar-refractivity contribution in [2.24, 2.45) is 0 Å². The molecule has 1 amide bonds. The van der Waals surface area contributed by atoms with Crippen molar-refractivity contribution in [3.63, 3.8) is 0 Å². The van der Waals surface area contributed by atoms with E-state index in [0.29, 0.717) is 5.69 Å². The summed E-state index contributed by atoms with van der Waals surface area (Å²) in [5, 5.41) is 4.44. The molecule has 0 fully saturated rings. The van der Waals surface area contributed by atoms with E-state index in [1.165, 1.54) is 30.5 Å². The lowest BCUT2D eigenvalue weighted by Gasteiger charge is -2.18. The van der Waals surface area contributed by atoms with Crippen molar-refractivity contribution < 1.29 is 21.6 Å². The van der Waals surface area contributed by atoms with Crippen molar-refractivity contribution in [3.05, 3.63) is 36.2 Å². The van der Waals surface area contributed by atoms with E-state index in [9.17, 15) is 21.6 Å². The van der Waals surface area contributed by atoms with Gasteiger partial charge in [-0.25, -0.2) is 21.6 Å². The summed E-state index contributed by atoms with van der Waals surface area (Å²) in [6.07, 6.45) is 1.49. The largest absolute Gasteiger partial charge is 0.280 e. The first-order valence-corrected chi connectivity index (χ1v) is 11.9. The number of aromatic nitrogens is 2. The fourth-order valence-corrected chi connectivity index (χ4v) is 4.91. The number of nitrogens with one attached hydrogen (secondary N) is 2. The van der Waals surface area contributed by atoms with Crippen LogP contribution in [0.4, 0.5) is 5.69 Å². The van der Waals surface area contributed by atoms with Gasteiger partial charge in [-0.15, -0.1) is 0 Å². The van der Waals surface area contributed by atoms with E-state index >= 15 is 0 Å². The molecule has 1 aromatic carbocycles. The van der Waals surface area contributed by atoms with Gasteiger partial charge in [0.05, 0.1) is 10.6 Å². The first kappa shape index (κ1) is 22.9. The SMILES string of the molecule is CC(=O)NS(=O)(=O)c1ccc(NS(=O)(=O)c2cn(C(C)C)nc2C(C)(C)C)cc1. The summed E-state index contributed by atoms with van der Waals surface area (Å²) in [4.78, 5) is 10.9. The van der Waals surface area contributed by atoms with Gasteiger partial charge in [0.15, 0.2) is 0 Å². The van der Waals surface area contributed by atoms with E-state index < -0.39 is 31.4 Å².